The SMILES string of the molecule is COc1ccc2cccc(CC(N)c3ccsc3)c2c1. The molecule has 0 radical (unpaired) electrons. The molecule has 1 atom stereocenters. The van der Waals surface area contributed by atoms with Crippen molar-refractivity contribution in [2.45, 2.75) is 12.5 Å². The van der Waals surface area contributed by atoms with Gasteiger partial charge in [-0.15, -0.1) is 0 Å². The van der Waals surface area contributed by atoms with E-state index in [2.05, 4.69) is 47.2 Å². The highest BCUT2D eigenvalue weighted by molar-refractivity contribution is 7.07. The van der Waals surface area contributed by atoms with Gasteiger partial charge in [-0.25, -0.2) is 0 Å². The minimum atomic E-state index is 0.0399. The van der Waals surface area contributed by atoms with Crippen LogP contribution in [0.5, 0.6) is 5.75 Å². The number of methoxy groups -OCH3 is 1. The van der Waals surface area contributed by atoms with Crippen LogP contribution in [0.2, 0.25) is 0 Å². The summed E-state index contributed by atoms with van der Waals surface area (Å²) in [5, 5.41) is 6.64. The number of nitrogens with two attached hydrogens (primary N) is 1. The van der Waals surface area contributed by atoms with E-state index in [1.54, 1.807) is 18.4 Å². The summed E-state index contributed by atoms with van der Waals surface area (Å²) in [6.07, 6.45) is 0.835. The van der Waals surface area contributed by atoms with E-state index < -0.39 is 0 Å². The van der Waals surface area contributed by atoms with Crippen molar-refractivity contribution >= 4 is 22.1 Å². The highest BCUT2D eigenvalue weighted by Gasteiger charge is 2.10. The summed E-state index contributed by atoms with van der Waals surface area (Å²) in [5.41, 5.74) is 8.78. The summed E-state index contributed by atoms with van der Waals surface area (Å²) in [4.78, 5) is 0. The number of thiophene rings is 1. The fourth-order valence-corrected chi connectivity index (χ4v) is 3.19. The molecule has 0 spiro atoms. The zero-order valence-corrected chi connectivity index (χ0v) is 12.2. The van der Waals surface area contributed by atoms with Crippen molar-refractivity contribution in [2.24, 2.45) is 5.73 Å². The van der Waals surface area contributed by atoms with E-state index in [1.807, 2.05) is 6.07 Å². The average Bonchev–Trinajstić information content (AvgIpc) is 3.01. The molecular weight excluding hydrogens is 266 g/mol. The van der Waals surface area contributed by atoms with Crippen LogP contribution >= 0.6 is 11.3 Å². The Labute approximate surface area is 122 Å². The van der Waals surface area contributed by atoms with Crippen molar-refractivity contribution in [1.29, 1.82) is 0 Å². The number of hydrogen-bond donors (Lipinski definition) is 1. The number of rotatable bonds is 4. The third-order valence-corrected chi connectivity index (χ3v) is 4.29. The van der Waals surface area contributed by atoms with Crippen LogP contribution in [-0.2, 0) is 6.42 Å². The van der Waals surface area contributed by atoms with Gasteiger partial charge < -0.3 is 10.5 Å². The molecule has 3 aromatic rings. The second kappa shape index (κ2) is 5.65. The maximum atomic E-state index is 6.31. The highest BCUT2D eigenvalue weighted by atomic mass is 32.1. The van der Waals surface area contributed by atoms with Crippen molar-refractivity contribution in [2.75, 3.05) is 7.11 Å². The van der Waals surface area contributed by atoms with Gasteiger partial charge in [0.15, 0.2) is 0 Å². The van der Waals surface area contributed by atoms with Gasteiger partial charge in [0, 0.05) is 6.04 Å². The Morgan fingerprint density at radius 3 is 2.85 bits per heavy atom. The van der Waals surface area contributed by atoms with Crippen LogP contribution in [0.3, 0.4) is 0 Å². The van der Waals surface area contributed by atoms with E-state index in [9.17, 15) is 0 Å². The lowest BCUT2D eigenvalue weighted by molar-refractivity contribution is 0.415. The molecule has 3 rings (SSSR count). The monoisotopic (exact) mass is 283 g/mol. The van der Waals surface area contributed by atoms with Crippen LogP contribution in [0.15, 0.2) is 53.2 Å². The van der Waals surface area contributed by atoms with E-state index in [-0.39, 0.29) is 6.04 Å². The minimum absolute atomic E-state index is 0.0399. The smallest absolute Gasteiger partial charge is 0.119 e. The first-order chi connectivity index (χ1) is 9.78. The second-order valence-corrected chi connectivity index (χ2v) is 5.65. The van der Waals surface area contributed by atoms with Gasteiger partial charge in [-0.05, 0) is 57.3 Å². The van der Waals surface area contributed by atoms with Gasteiger partial charge in [0.05, 0.1) is 7.11 Å². The van der Waals surface area contributed by atoms with E-state index in [0.717, 1.165) is 12.2 Å². The first-order valence-electron chi connectivity index (χ1n) is 6.61. The van der Waals surface area contributed by atoms with Crippen LogP contribution in [0, 0.1) is 0 Å². The fraction of sp³-hybridized carbons (Fsp3) is 0.176. The molecule has 2 nitrogen and oxygen atoms in total. The quantitative estimate of drug-likeness (QED) is 0.780. The molecule has 1 aromatic heterocycles. The molecule has 20 heavy (non-hydrogen) atoms. The summed E-state index contributed by atoms with van der Waals surface area (Å²) in [5.74, 6) is 0.883. The van der Waals surface area contributed by atoms with Crippen LogP contribution in [0.4, 0.5) is 0 Å². The zero-order chi connectivity index (χ0) is 13.9. The molecule has 2 aromatic carbocycles. The molecule has 1 unspecified atom stereocenters. The van der Waals surface area contributed by atoms with E-state index >= 15 is 0 Å². The zero-order valence-electron chi connectivity index (χ0n) is 11.4. The molecule has 0 aliphatic heterocycles. The maximum Gasteiger partial charge on any atom is 0.119 e. The average molecular weight is 283 g/mol. The van der Waals surface area contributed by atoms with Gasteiger partial charge in [-0.3, -0.25) is 0 Å². The number of ether oxygens (including phenoxy) is 1. The lowest BCUT2D eigenvalue weighted by Gasteiger charge is -2.13. The van der Waals surface area contributed by atoms with Crippen molar-refractivity contribution in [3.8, 4) is 5.75 Å². The van der Waals surface area contributed by atoms with Gasteiger partial charge >= 0.3 is 0 Å². The van der Waals surface area contributed by atoms with Gasteiger partial charge in [-0.2, -0.15) is 11.3 Å². The Bertz CT molecular complexity index is 706. The normalized spacial score (nSPS) is 12.5. The molecule has 2 N–H and O–H groups in total. The van der Waals surface area contributed by atoms with Crippen LogP contribution in [0.1, 0.15) is 17.2 Å². The highest BCUT2D eigenvalue weighted by Crippen LogP contribution is 2.27. The molecule has 0 aliphatic rings. The molecule has 0 aliphatic carbocycles. The van der Waals surface area contributed by atoms with E-state index in [1.165, 1.54) is 21.9 Å². The molecule has 1 heterocycles. The van der Waals surface area contributed by atoms with Gasteiger partial charge in [0.2, 0.25) is 0 Å². The Kier molecular flexibility index (Phi) is 3.72. The fourth-order valence-electron chi connectivity index (χ4n) is 2.46. The predicted octanol–water partition coefficient (Wildman–Crippen LogP) is 4.15. The largest absolute Gasteiger partial charge is 0.497 e. The molecular formula is C17H17NOS. The summed E-state index contributed by atoms with van der Waals surface area (Å²) >= 11 is 1.69. The Balaban J connectivity index is 1.98. The van der Waals surface area contributed by atoms with Gasteiger partial charge in [0.25, 0.3) is 0 Å². The first kappa shape index (κ1) is 13.2. The predicted molar refractivity (Wildman–Crippen MR) is 85.5 cm³/mol. The van der Waals surface area contributed by atoms with Crippen molar-refractivity contribution in [3.63, 3.8) is 0 Å². The number of hydrogen-bond acceptors (Lipinski definition) is 3. The van der Waals surface area contributed by atoms with Crippen LogP contribution in [0.25, 0.3) is 10.8 Å². The van der Waals surface area contributed by atoms with Crippen LogP contribution in [-0.4, -0.2) is 7.11 Å². The van der Waals surface area contributed by atoms with Crippen molar-refractivity contribution in [3.05, 3.63) is 64.4 Å². The Morgan fingerprint density at radius 2 is 2.10 bits per heavy atom. The third kappa shape index (κ3) is 2.55. The summed E-state index contributed by atoms with van der Waals surface area (Å²) in [7, 11) is 1.70. The Morgan fingerprint density at radius 1 is 1.20 bits per heavy atom. The molecule has 0 saturated carbocycles. The number of fused-ring (bicyclic) bond motifs is 1. The molecule has 0 fully saturated rings. The first-order valence-corrected chi connectivity index (χ1v) is 7.55. The topological polar surface area (TPSA) is 35.2 Å². The van der Waals surface area contributed by atoms with Gasteiger partial charge in [0.1, 0.15) is 5.75 Å². The maximum absolute atomic E-state index is 6.31. The molecule has 0 amide bonds. The molecule has 102 valence electrons. The van der Waals surface area contributed by atoms with Crippen molar-refractivity contribution < 1.29 is 4.74 Å². The van der Waals surface area contributed by atoms with E-state index in [0.29, 0.717) is 0 Å². The molecule has 3 heteroatoms. The summed E-state index contributed by atoms with van der Waals surface area (Å²) < 4.78 is 5.32. The van der Waals surface area contributed by atoms with Crippen LogP contribution < -0.4 is 10.5 Å². The van der Waals surface area contributed by atoms with Gasteiger partial charge in [-0.1, -0.05) is 24.3 Å². The molecule has 0 bridgehead atoms. The van der Waals surface area contributed by atoms with Crippen molar-refractivity contribution in [1.82, 2.24) is 0 Å². The standard InChI is InChI=1S/C17H17NOS/c1-19-15-6-5-12-3-2-4-13(16(12)10-15)9-17(18)14-7-8-20-11-14/h2-8,10-11,17H,9,18H2,1H3. The Hall–Kier alpha value is -1.84. The third-order valence-electron chi connectivity index (χ3n) is 3.59. The van der Waals surface area contributed by atoms with E-state index in [4.69, 9.17) is 10.5 Å². The lowest BCUT2D eigenvalue weighted by Crippen LogP contribution is -2.12. The summed E-state index contributed by atoms with van der Waals surface area (Å²) in [6, 6.07) is 14.7. The summed E-state index contributed by atoms with van der Waals surface area (Å²) in [6.45, 7) is 0. The molecule has 0 saturated heterocycles. The lowest BCUT2D eigenvalue weighted by atomic mass is 9.96. The number of benzene rings is 2. The second-order valence-electron chi connectivity index (χ2n) is 4.87. The minimum Gasteiger partial charge on any atom is -0.497 e.